The van der Waals surface area contributed by atoms with Gasteiger partial charge in [-0.3, -0.25) is 4.57 Å². The molecule has 0 atom stereocenters. The molecule has 0 aliphatic heterocycles. The van der Waals surface area contributed by atoms with E-state index in [1.54, 1.807) is 4.57 Å². The summed E-state index contributed by atoms with van der Waals surface area (Å²) >= 11 is 4.96. The van der Waals surface area contributed by atoms with E-state index in [-0.39, 0.29) is 5.69 Å². The fourth-order valence-electron chi connectivity index (χ4n) is 1.56. The van der Waals surface area contributed by atoms with Crippen LogP contribution < -0.4 is 11.4 Å². The van der Waals surface area contributed by atoms with Crippen molar-refractivity contribution in [2.75, 3.05) is 5.73 Å². The van der Waals surface area contributed by atoms with Crippen molar-refractivity contribution in [1.29, 1.82) is 0 Å². The molecule has 0 unspecified atom stereocenters. The molecule has 0 saturated heterocycles. The van der Waals surface area contributed by atoms with Gasteiger partial charge in [-0.1, -0.05) is 33.8 Å². The average Bonchev–Trinajstić information content (AvgIpc) is 2.69. The van der Waals surface area contributed by atoms with Crippen LogP contribution in [0.2, 0.25) is 0 Å². The lowest BCUT2D eigenvalue weighted by Crippen LogP contribution is -2.16. The summed E-state index contributed by atoms with van der Waals surface area (Å²) in [5.41, 5.74) is 7.49. The maximum Gasteiger partial charge on any atom is 0.343 e. The summed E-state index contributed by atoms with van der Waals surface area (Å²) < 4.78 is 2.56. The van der Waals surface area contributed by atoms with Crippen molar-refractivity contribution in [3.8, 4) is 0 Å². The molecule has 5 nitrogen and oxygen atoms in total. The number of nitrogens with zero attached hydrogens (tertiary/aromatic N) is 2. The molecule has 1 aromatic carbocycles. The largest absolute Gasteiger partial charge is 0.398 e. The highest BCUT2D eigenvalue weighted by Crippen LogP contribution is 2.29. The third-order valence-corrected chi connectivity index (χ3v) is 4.29. The Morgan fingerprint density at radius 1 is 1.56 bits per heavy atom. The first kappa shape index (κ1) is 13.2. The fraction of sp³-hybridized carbons (Fsp3) is 0.273. The number of aromatic amines is 1. The number of nitrogen functional groups attached to an aromatic ring is 1. The van der Waals surface area contributed by atoms with Crippen LogP contribution in [0.15, 0.2) is 32.6 Å². The van der Waals surface area contributed by atoms with Crippen LogP contribution in [0.25, 0.3) is 0 Å². The SMILES string of the molecule is CCn1c(SCc2c(N)cccc2Br)n[nH]c1=O. The van der Waals surface area contributed by atoms with Gasteiger partial charge in [0.25, 0.3) is 0 Å². The minimum Gasteiger partial charge on any atom is -0.398 e. The zero-order valence-corrected chi connectivity index (χ0v) is 12.2. The minimum absolute atomic E-state index is 0.180. The Balaban J connectivity index is 2.19. The van der Waals surface area contributed by atoms with Crippen molar-refractivity contribution in [1.82, 2.24) is 14.8 Å². The lowest BCUT2D eigenvalue weighted by Gasteiger charge is -2.07. The van der Waals surface area contributed by atoms with Crippen LogP contribution in [0.5, 0.6) is 0 Å². The normalized spacial score (nSPS) is 10.8. The Bertz CT molecular complexity index is 587. The highest BCUT2D eigenvalue weighted by molar-refractivity contribution is 9.10. The van der Waals surface area contributed by atoms with Gasteiger partial charge in [-0.15, -0.1) is 5.10 Å². The first-order chi connectivity index (χ1) is 8.63. The van der Waals surface area contributed by atoms with E-state index >= 15 is 0 Å². The van der Waals surface area contributed by atoms with Gasteiger partial charge in [0.1, 0.15) is 0 Å². The van der Waals surface area contributed by atoms with Crippen molar-refractivity contribution in [2.24, 2.45) is 0 Å². The molecule has 1 aromatic heterocycles. The lowest BCUT2D eigenvalue weighted by atomic mass is 10.2. The number of benzene rings is 1. The first-order valence-electron chi connectivity index (χ1n) is 5.44. The third kappa shape index (κ3) is 2.62. The van der Waals surface area contributed by atoms with Gasteiger partial charge in [0.15, 0.2) is 5.16 Å². The smallest absolute Gasteiger partial charge is 0.343 e. The highest BCUT2D eigenvalue weighted by atomic mass is 79.9. The molecule has 2 rings (SSSR count). The molecule has 0 bridgehead atoms. The number of H-pyrrole nitrogens is 1. The van der Waals surface area contributed by atoms with Gasteiger partial charge in [-0.25, -0.2) is 9.89 Å². The third-order valence-electron chi connectivity index (χ3n) is 2.54. The molecule has 96 valence electrons. The number of nitrogens with one attached hydrogen (secondary N) is 1. The van der Waals surface area contributed by atoms with E-state index in [9.17, 15) is 4.79 Å². The molecule has 0 aliphatic carbocycles. The Morgan fingerprint density at radius 2 is 2.33 bits per heavy atom. The zero-order valence-electron chi connectivity index (χ0n) is 9.81. The number of anilines is 1. The van der Waals surface area contributed by atoms with Crippen molar-refractivity contribution in [3.05, 3.63) is 38.7 Å². The summed E-state index contributed by atoms with van der Waals surface area (Å²) in [7, 11) is 0. The topological polar surface area (TPSA) is 76.7 Å². The molecular weight excluding hydrogens is 316 g/mol. The van der Waals surface area contributed by atoms with E-state index in [2.05, 4.69) is 26.1 Å². The number of rotatable bonds is 4. The van der Waals surface area contributed by atoms with Gasteiger partial charge in [-0.2, -0.15) is 0 Å². The van der Waals surface area contributed by atoms with E-state index in [0.29, 0.717) is 17.5 Å². The highest BCUT2D eigenvalue weighted by Gasteiger charge is 2.10. The summed E-state index contributed by atoms with van der Waals surface area (Å²) in [6, 6.07) is 5.70. The number of aromatic nitrogens is 3. The van der Waals surface area contributed by atoms with Crippen LogP contribution in [0.3, 0.4) is 0 Å². The molecule has 0 amide bonds. The maximum atomic E-state index is 11.4. The quantitative estimate of drug-likeness (QED) is 0.666. The molecule has 0 radical (unpaired) electrons. The zero-order chi connectivity index (χ0) is 13.1. The maximum absolute atomic E-state index is 11.4. The average molecular weight is 329 g/mol. The predicted octanol–water partition coefficient (Wildman–Crippen LogP) is 2.23. The molecule has 2 aromatic rings. The van der Waals surface area contributed by atoms with E-state index < -0.39 is 0 Å². The predicted molar refractivity (Wildman–Crippen MR) is 76.6 cm³/mol. The number of halogens is 1. The van der Waals surface area contributed by atoms with E-state index in [1.807, 2.05) is 25.1 Å². The van der Waals surface area contributed by atoms with Crippen LogP contribution in [0.4, 0.5) is 5.69 Å². The van der Waals surface area contributed by atoms with Crippen LogP contribution in [-0.4, -0.2) is 14.8 Å². The molecule has 0 fully saturated rings. The Morgan fingerprint density at radius 3 is 3.00 bits per heavy atom. The Hall–Kier alpha value is -1.21. The van der Waals surface area contributed by atoms with Crippen molar-refractivity contribution in [3.63, 3.8) is 0 Å². The fourth-order valence-corrected chi connectivity index (χ4v) is 3.34. The van der Waals surface area contributed by atoms with Crippen LogP contribution in [0.1, 0.15) is 12.5 Å². The van der Waals surface area contributed by atoms with Crippen LogP contribution >= 0.6 is 27.7 Å². The number of nitrogens with two attached hydrogens (primary N) is 1. The second-order valence-electron chi connectivity index (χ2n) is 3.65. The van der Waals surface area contributed by atoms with Gasteiger partial charge < -0.3 is 5.73 Å². The van der Waals surface area contributed by atoms with Crippen LogP contribution in [0, 0.1) is 0 Å². The number of thioether (sulfide) groups is 1. The lowest BCUT2D eigenvalue weighted by molar-refractivity contribution is 0.660. The summed E-state index contributed by atoms with van der Waals surface area (Å²) in [5.74, 6) is 0.664. The van der Waals surface area contributed by atoms with Crippen molar-refractivity contribution >= 4 is 33.4 Å². The molecule has 7 heteroatoms. The van der Waals surface area contributed by atoms with Crippen LogP contribution in [-0.2, 0) is 12.3 Å². The van der Waals surface area contributed by atoms with Gasteiger partial charge in [-0.05, 0) is 24.6 Å². The summed E-state index contributed by atoms with van der Waals surface area (Å²) in [4.78, 5) is 11.4. The Labute approximate surface area is 117 Å². The summed E-state index contributed by atoms with van der Waals surface area (Å²) in [6.07, 6.45) is 0. The number of hydrogen-bond acceptors (Lipinski definition) is 4. The molecule has 0 saturated carbocycles. The minimum atomic E-state index is -0.180. The van der Waals surface area contributed by atoms with E-state index in [4.69, 9.17) is 5.73 Å². The Kier molecular flexibility index (Phi) is 4.13. The van der Waals surface area contributed by atoms with Gasteiger partial charge >= 0.3 is 5.69 Å². The van der Waals surface area contributed by atoms with Gasteiger partial charge in [0.05, 0.1) is 0 Å². The van der Waals surface area contributed by atoms with Crippen molar-refractivity contribution in [2.45, 2.75) is 24.4 Å². The first-order valence-corrected chi connectivity index (χ1v) is 7.22. The van der Waals surface area contributed by atoms with Crippen molar-refractivity contribution < 1.29 is 0 Å². The second-order valence-corrected chi connectivity index (χ2v) is 5.45. The standard InChI is InChI=1S/C11H13BrN4OS/c1-2-16-10(17)14-15-11(16)18-6-7-8(12)4-3-5-9(7)13/h3-5H,2,6,13H2,1H3,(H,14,17). The molecule has 0 spiro atoms. The molecule has 1 heterocycles. The van der Waals surface area contributed by atoms with Gasteiger partial charge in [0, 0.05) is 22.5 Å². The molecule has 0 aliphatic rings. The molecule has 18 heavy (non-hydrogen) atoms. The van der Waals surface area contributed by atoms with Gasteiger partial charge in [0.2, 0.25) is 0 Å². The monoisotopic (exact) mass is 328 g/mol. The molecule has 3 N–H and O–H groups in total. The van der Waals surface area contributed by atoms with E-state index in [0.717, 1.165) is 15.7 Å². The second kappa shape index (κ2) is 5.62. The summed E-state index contributed by atoms with van der Waals surface area (Å²) in [6.45, 7) is 2.51. The van der Waals surface area contributed by atoms with E-state index in [1.165, 1.54) is 11.8 Å². The number of hydrogen-bond donors (Lipinski definition) is 2. The summed E-state index contributed by atoms with van der Waals surface area (Å²) in [5, 5.41) is 7.12. The molecular formula is C11H13BrN4OS.